The zero-order valence-corrected chi connectivity index (χ0v) is 15.4. The quantitative estimate of drug-likeness (QED) is 0.522. The number of rotatable bonds is 10. The second kappa shape index (κ2) is 10.2. The standard InChI is InChI=1S/C20H30N2O3/c1-3-4-5-14-25-18-8-6-16(7-9-18)19(23)10-11-20(24)22(2)17-12-13-21-15-17/h6-9,17,21H,3-5,10-15H2,1-2H3. The van der Waals surface area contributed by atoms with Gasteiger partial charge in [-0.05, 0) is 43.7 Å². The van der Waals surface area contributed by atoms with E-state index in [9.17, 15) is 9.59 Å². The van der Waals surface area contributed by atoms with Crippen molar-refractivity contribution in [2.75, 3.05) is 26.7 Å². The molecule has 0 spiro atoms. The van der Waals surface area contributed by atoms with Gasteiger partial charge in [-0.3, -0.25) is 9.59 Å². The molecule has 1 aromatic carbocycles. The topological polar surface area (TPSA) is 58.6 Å². The van der Waals surface area contributed by atoms with Crippen LogP contribution in [0.15, 0.2) is 24.3 Å². The number of carbonyl (C=O) groups is 2. The Morgan fingerprint density at radius 3 is 2.60 bits per heavy atom. The third kappa shape index (κ3) is 6.16. The smallest absolute Gasteiger partial charge is 0.223 e. The van der Waals surface area contributed by atoms with E-state index in [2.05, 4.69) is 12.2 Å². The van der Waals surface area contributed by atoms with Gasteiger partial charge < -0.3 is 15.0 Å². The second-order valence-corrected chi connectivity index (χ2v) is 6.65. The number of unbranched alkanes of at least 4 members (excludes halogenated alkanes) is 2. The minimum atomic E-state index is 0.00355. The molecule has 0 bridgehead atoms. The van der Waals surface area contributed by atoms with Crippen LogP contribution >= 0.6 is 0 Å². The van der Waals surface area contributed by atoms with Crippen molar-refractivity contribution in [3.63, 3.8) is 0 Å². The van der Waals surface area contributed by atoms with Crippen LogP contribution in [0.4, 0.5) is 0 Å². The van der Waals surface area contributed by atoms with E-state index in [0.717, 1.165) is 38.1 Å². The molecule has 1 aliphatic rings. The number of likely N-dealkylation sites (N-methyl/N-ethyl adjacent to an activating group) is 1. The molecule has 5 heteroatoms. The highest BCUT2D eigenvalue weighted by molar-refractivity contribution is 5.98. The average molecular weight is 346 g/mol. The maximum Gasteiger partial charge on any atom is 0.223 e. The molecule has 1 heterocycles. The Hall–Kier alpha value is -1.88. The highest BCUT2D eigenvalue weighted by atomic mass is 16.5. The van der Waals surface area contributed by atoms with Crippen LogP contribution in [0.2, 0.25) is 0 Å². The van der Waals surface area contributed by atoms with Crippen LogP contribution in [0.5, 0.6) is 5.75 Å². The molecule has 1 saturated heterocycles. The lowest BCUT2D eigenvalue weighted by molar-refractivity contribution is -0.131. The third-order valence-corrected chi connectivity index (χ3v) is 4.73. The van der Waals surface area contributed by atoms with Crippen LogP contribution < -0.4 is 10.1 Å². The Morgan fingerprint density at radius 2 is 1.96 bits per heavy atom. The number of ketones is 1. The summed E-state index contributed by atoms with van der Waals surface area (Å²) in [4.78, 5) is 26.3. The summed E-state index contributed by atoms with van der Waals surface area (Å²) < 4.78 is 5.65. The first kappa shape index (κ1) is 19.4. The lowest BCUT2D eigenvalue weighted by Gasteiger charge is -2.23. The molecule has 138 valence electrons. The fraction of sp³-hybridized carbons (Fsp3) is 0.600. The lowest BCUT2D eigenvalue weighted by Crippen LogP contribution is -2.38. The normalized spacial score (nSPS) is 16.6. The molecule has 0 saturated carbocycles. The van der Waals surface area contributed by atoms with Crippen molar-refractivity contribution >= 4 is 11.7 Å². The summed E-state index contributed by atoms with van der Waals surface area (Å²) in [5.41, 5.74) is 0.638. The van der Waals surface area contributed by atoms with Crippen molar-refractivity contribution in [3.05, 3.63) is 29.8 Å². The number of amides is 1. The van der Waals surface area contributed by atoms with Crippen LogP contribution in [0, 0.1) is 0 Å². The Morgan fingerprint density at radius 1 is 1.20 bits per heavy atom. The van der Waals surface area contributed by atoms with Crippen LogP contribution in [-0.4, -0.2) is 49.4 Å². The van der Waals surface area contributed by atoms with E-state index in [1.165, 1.54) is 6.42 Å². The highest BCUT2D eigenvalue weighted by Gasteiger charge is 2.23. The molecule has 1 fully saturated rings. The van der Waals surface area contributed by atoms with Gasteiger partial charge in [0.25, 0.3) is 0 Å². The molecular weight excluding hydrogens is 316 g/mol. The van der Waals surface area contributed by atoms with E-state index in [1.807, 2.05) is 19.2 Å². The van der Waals surface area contributed by atoms with Crippen LogP contribution in [0.1, 0.15) is 55.8 Å². The molecule has 0 aromatic heterocycles. The number of nitrogens with one attached hydrogen (secondary N) is 1. The molecule has 1 unspecified atom stereocenters. The molecular formula is C20H30N2O3. The zero-order chi connectivity index (χ0) is 18.1. The third-order valence-electron chi connectivity index (χ3n) is 4.73. The highest BCUT2D eigenvalue weighted by Crippen LogP contribution is 2.15. The molecule has 5 nitrogen and oxygen atoms in total. The summed E-state index contributed by atoms with van der Waals surface area (Å²) in [6.07, 6.45) is 4.87. The van der Waals surface area contributed by atoms with Gasteiger partial charge in [-0.1, -0.05) is 19.8 Å². The lowest BCUT2D eigenvalue weighted by atomic mass is 10.1. The summed E-state index contributed by atoms with van der Waals surface area (Å²) in [6, 6.07) is 7.49. The van der Waals surface area contributed by atoms with E-state index in [1.54, 1.807) is 17.0 Å². The van der Waals surface area contributed by atoms with Gasteiger partial charge in [0.15, 0.2) is 5.78 Å². The van der Waals surface area contributed by atoms with Crippen LogP contribution in [0.3, 0.4) is 0 Å². The Bertz CT molecular complexity index is 551. The average Bonchev–Trinajstić information content (AvgIpc) is 3.17. The summed E-state index contributed by atoms with van der Waals surface area (Å²) in [5.74, 6) is 0.832. The zero-order valence-electron chi connectivity index (χ0n) is 15.4. The summed E-state index contributed by atoms with van der Waals surface area (Å²) in [5, 5.41) is 3.25. The van der Waals surface area contributed by atoms with Crippen molar-refractivity contribution in [1.29, 1.82) is 0 Å². The fourth-order valence-electron chi connectivity index (χ4n) is 2.99. The van der Waals surface area contributed by atoms with Crippen LogP contribution in [-0.2, 0) is 4.79 Å². The number of Topliss-reactive ketones (excluding diaryl/α,β-unsaturated/α-hetero) is 1. The van der Waals surface area contributed by atoms with Gasteiger partial charge in [0.05, 0.1) is 6.61 Å². The Balaban J connectivity index is 1.75. The minimum absolute atomic E-state index is 0.00355. The molecule has 1 aromatic rings. The van der Waals surface area contributed by atoms with E-state index in [0.29, 0.717) is 12.2 Å². The van der Waals surface area contributed by atoms with Crippen LogP contribution in [0.25, 0.3) is 0 Å². The van der Waals surface area contributed by atoms with E-state index < -0.39 is 0 Å². The van der Waals surface area contributed by atoms with E-state index in [4.69, 9.17) is 4.74 Å². The fourth-order valence-corrected chi connectivity index (χ4v) is 2.99. The van der Waals surface area contributed by atoms with Gasteiger partial charge in [-0.15, -0.1) is 0 Å². The maximum absolute atomic E-state index is 12.3. The molecule has 1 aliphatic heterocycles. The number of benzene rings is 1. The predicted molar refractivity (Wildman–Crippen MR) is 99.1 cm³/mol. The maximum atomic E-state index is 12.3. The van der Waals surface area contributed by atoms with Gasteiger partial charge in [0, 0.05) is 38.0 Å². The first-order valence-electron chi connectivity index (χ1n) is 9.34. The van der Waals surface area contributed by atoms with E-state index >= 15 is 0 Å². The van der Waals surface area contributed by atoms with Gasteiger partial charge in [0.1, 0.15) is 5.75 Å². The minimum Gasteiger partial charge on any atom is -0.494 e. The van der Waals surface area contributed by atoms with Gasteiger partial charge >= 0.3 is 0 Å². The number of carbonyl (C=O) groups excluding carboxylic acids is 2. The molecule has 1 atom stereocenters. The SMILES string of the molecule is CCCCCOc1ccc(C(=O)CCC(=O)N(C)C2CCNC2)cc1. The Kier molecular flexibility index (Phi) is 7.92. The van der Waals surface area contributed by atoms with Gasteiger partial charge in [-0.2, -0.15) is 0 Å². The number of hydrogen-bond donors (Lipinski definition) is 1. The summed E-state index contributed by atoms with van der Waals surface area (Å²) in [6.45, 7) is 4.66. The molecule has 1 N–H and O–H groups in total. The van der Waals surface area contributed by atoms with Crippen molar-refractivity contribution in [2.45, 2.75) is 51.5 Å². The first-order chi connectivity index (χ1) is 12.1. The van der Waals surface area contributed by atoms with Crippen molar-refractivity contribution in [2.24, 2.45) is 0 Å². The number of nitrogens with zero attached hydrogens (tertiary/aromatic N) is 1. The summed E-state index contributed by atoms with van der Waals surface area (Å²) >= 11 is 0. The number of hydrogen-bond acceptors (Lipinski definition) is 4. The monoisotopic (exact) mass is 346 g/mol. The molecule has 25 heavy (non-hydrogen) atoms. The first-order valence-corrected chi connectivity index (χ1v) is 9.34. The molecule has 0 radical (unpaired) electrons. The molecule has 2 rings (SSSR count). The predicted octanol–water partition coefficient (Wildman–Crippen LogP) is 3.04. The van der Waals surface area contributed by atoms with Crippen molar-refractivity contribution in [1.82, 2.24) is 10.2 Å². The molecule has 0 aliphatic carbocycles. The van der Waals surface area contributed by atoms with Crippen molar-refractivity contribution < 1.29 is 14.3 Å². The van der Waals surface area contributed by atoms with E-state index in [-0.39, 0.29) is 30.6 Å². The second-order valence-electron chi connectivity index (χ2n) is 6.65. The Labute approximate surface area is 150 Å². The van der Waals surface area contributed by atoms with Crippen molar-refractivity contribution in [3.8, 4) is 5.75 Å². The van der Waals surface area contributed by atoms with Gasteiger partial charge in [-0.25, -0.2) is 0 Å². The molecule has 1 amide bonds. The van der Waals surface area contributed by atoms with Gasteiger partial charge in [0.2, 0.25) is 5.91 Å². The summed E-state index contributed by atoms with van der Waals surface area (Å²) in [7, 11) is 1.83. The number of ether oxygens (including phenoxy) is 1. The largest absolute Gasteiger partial charge is 0.494 e.